The van der Waals surface area contributed by atoms with E-state index in [1.807, 2.05) is 18.2 Å². The van der Waals surface area contributed by atoms with Crippen LogP contribution in [0.1, 0.15) is 50.4 Å². The van der Waals surface area contributed by atoms with Crippen LogP contribution in [0.25, 0.3) is 0 Å². The molecule has 1 aliphatic carbocycles. The Morgan fingerprint density at radius 2 is 2.10 bits per heavy atom. The van der Waals surface area contributed by atoms with Crippen LogP contribution in [0.2, 0.25) is 0 Å². The summed E-state index contributed by atoms with van der Waals surface area (Å²) in [5.41, 5.74) is 1.18. The van der Waals surface area contributed by atoms with Gasteiger partial charge < -0.3 is 9.47 Å². The molecule has 0 aliphatic heterocycles. The van der Waals surface area contributed by atoms with E-state index in [1.165, 1.54) is 12.5 Å². The zero-order valence-corrected chi connectivity index (χ0v) is 17.0. The van der Waals surface area contributed by atoms with Crippen LogP contribution in [-0.2, 0) is 27.3 Å². The minimum absolute atomic E-state index is 0.0113. The molecule has 0 unspecified atom stereocenters. The van der Waals surface area contributed by atoms with Crippen LogP contribution in [0, 0.1) is 11.8 Å². The van der Waals surface area contributed by atoms with Gasteiger partial charge >= 0.3 is 5.97 Å². The first-order chi connectivity index (χ1) is 14.2. The normalized spacial score (nSPS) is 21.6. The van der Waals surface area contributed by atoms with Gasteiger partial charge in [-0.3, -0.25) is 4.79 Å². The summed E-state index contributed by atoms with van der Waals surface area (Å²) in [5, 5.41) is 13.8. The number of nitrogens with zero attached hydrogens (tertiary/aromatic N) is 3. The molecule has 1 aliphatic rings. The second-order valence-electron chi connectivity index (χ2n) is 7.60. The summed E-state index contributed by atoms with van der Waals surface area (Å²) in [6.45, 7) is 2.81. The Hall–Kier alpha value is -2.54. The van der Waals surface area contributed by atoms with Gasteiger partial charge in [-0.1, -0.05) is 42.5 Å². The van der Waals surface area contributed by atoms with Gasteiger partial charge in [0, 0.05) is 19.3 Å². The van der Waals surface area contributed by atoms with E-state index in [4.69, 9.17) is 9.47 Å². The summed E-state index contributed by atoms with van der Waals surface area (Å²) in [5.74, 6) is 1.34. The van der Waals surface area contributed by atoms with Crippen LogP contribution in [-0.4, -0.2) is 39.3 Å². The number of ether oxygens (including phenoxy) is 2. The lowest BCUT2D eigenvalue weighted by Gasteiger charge is -2.23. The van der Waals surface area contributed by atoms with E-state index in [2.05, 4.69) is 44.9 Å². The number of unbranched alkanes of at least 4 members (excludes halogenated alkanes) is 1. The largest absolute Gasteiger partial charge is 0.462 e. The van der Waals surface area contributed by atoms with Crippen LogP contribution >= 0.6 is 0 Å². The first-order valence-electron chi connectivity index (χ1n) is 10.4. The quantitative estimate of drug-likeness (QED) is 0.353. The maximum atomic E-state index is 11.5. The van der Waals surface area contributed by atoms with Crippen molar-refractivity contribution in [1.29, 1.82) is 0 Å². The Morgan fingerprint density at radius 3 is 2.86 bits per heavy atom. The summed E-state index contributed by atoms with van der Waals surface area (Å²) >= 11 is 0. The molecule has 0 bridgehead atoms. The van der Waals surface area contributed by atoms with Crippen LogP contribution in [0.15, 0.2) is 42.5 Å². The van der Waals surface area contributed by atoms with Gasteiger partial charge in [-0.2, -0.15) is 0 Å². The van der Waals surface area contributed by atoms with Crippen LogP contribution in [0.5, 0.6) is 0 Å². The van der Waals surface area contributed by atoms with E-state index >= 15 is 0 Å². The number of esters is 1. The van der Waals surface area contributed by atoms with Crippen molar-refractivity contribution in [1.82, 2.24) is 20.6 Å². The zero-order valence-electron chi connectivity index (χ0n) is 17.0. The highest BCUT2D eigenvalue weighted by molar-refractivity contribution is 5.66. The number of tetrazole rings is 1. The van der Waals surface area contributed by atoms with Crippen molar-refractivity contribution in [3.05, 3.63) is 53.9 Å². The number of nitrogens with one attached hydrogen (secondary N) is 1. The summed E-state index contributed by atoms with van der Waals surface area (Å²) in [6, 6.07) is 10.2. The molecule has 1 aromatic heterocycles. The van der Waals surface area contributed by atoms with Crippen LogP contribution in [0.3, 0.4) is 0 Å². The Labute approximate surface area is 171 Å². The number of hydrogen-bond donors (Lipinski definition) is 1. The molecule has 3 rings (SSSR count). The van der Waals surface area contributed by atoms with Crippen molar-refractivity contribution in [3.8, 4) is 0 Å². The van der Waals surface area contributed by atoms with Gasteiger partial charge in [-0.15, -0.1) is 5.10 Å². The monoisotopic (exact) mass is 398 g/mol. The number of aryl methyl sites for hydroxylation is 1. The van der Waals surface area contributed by atoms with Gasteiger partial charge in [0.2, 0.25) is 0 Å². The maximum absolute atomic E-state index is 11.5. The zero-order chi connectivity index (χ0) is 20.3. The molecule has 1 aromatic carbocycles. The molecular weight excluding hydrogens is 368 g/mol. The second-order valence-corrected chi connectivity index (χ2v) is 7.60. The molecule has 156 valence electrons. The number of hydrogen-bond acceptors (Lipinski definition) is 6. The molecule has 0 radical (unpaired) electrons. The van der Waals surface area contributed by atoms with E-state index in [1.54, 1.807) is 0 Å². The first kappa shape index (κ1) is 21.2. The van der Waals surface area contributed by atoms with E-state index in [0.717, 1.165) is 44.3 Å². The van der Waals surface area contributed by atoms with Crippen molar-refractivity contribution in [2.24, 2.45) is 11.8 Å². The van der Waals surface area contributed by atoms with Crippen molar-refractivity contribution >= 4 is 5.97 Å². The lowest BCUT2D eigenvalue weighted by atomic mass is 9.91. The first-order valence-corrected chi connectivity index (χ1v) is 10.4. The molecule has 0 spiro atoms. The van der Waals surface area contributed by atoms with Gasteiger partial charge in [0.25, 0.3) is 0 Å². The average molecular weight is 399 g/mol. The highest BCUT2D eigenvalue weighted by atomic mass is 16.5. The second kappa shape index (κ2) is 11.5. The standard InChI is InChI=1S/C22H30N4O3/c1-17(27)29-21-14-13-19(16-28-15-18-9-5-4-6-10-18)20(21)11-7-2-3-8-12-22-23-25-26-24-22/h2,4-7,9-10,19-21H,3,8,11-16H2,1H3,(H,23,24,25,26)/b7-2-/t19-,20-,21+/m1/s1. The van der Waals surface area contributed by atoms with Crippen LogP contribution < -0.4 is 0 Å². The maximum Gasteiger partial charge on any atom is 0.302 e. The SMILES string of the molecule is CC(=O)O[C@H]1CC[C@H](COCc2ccccc2)[C@H]1C/C=C\CCCc1nnn[nH]1. The fourth-order valence-electron chi connectivity index (χ4n) is 3.97. The Kier molecular flexibility index (Phi) is 8.37. The fourth-order valence-corrected chi connectivity index (χ4v) is 3.97. The third kappa shape index (κ3) is 7.09. The predicted octanol–water partition coefficient (Wildman–Crippen LogP) is 3.64. The van der Waals surface area contributed by atoms with Gasteiger partial charge in [0.05, 0.1) is 13.2 Å². The molecule has 29 heavy (non-hydrogen) atoms. The molecule has 3 atom stereocenters. The number of allylic oxidation sites excluding steroid dienone is 2. The van der Waals surface area contributed by atoms with E-state index in [0.29, 0.717) is 25.0 Å². The third-order valence-electron chi connectivity index (χ3n) is 5.41. The number of H-pyrrole nitrogens is 1. The van der Waals surface area contributed by atoms with Gasteiger partial charge in [0.15, 0.2) is 0 Å². The molecule has 1 saturated carbocycles. The lowest BCUT2D eigenvalue weighted by molar-refractivity contribution is -0.148. The molecule has 1 heterocycles. The summed E-state index contributed by atoms with van der Waals surface area (Å²) < 4.78 is 11.6. The van der Waals surface area contributed by atoms with Gasteiger partial charge in [0.1, 0.15) is 11.9 Å². The van der Waals surface area contributed by atoms with E-state index < -0.39 is 0 Å². The molecule has 7 nitrogen and oxygen atoms in total. The van der Waals surface area contributed by atoms with Crippen LogP contribution in [0.4, 0.5) is 0 Å². The number of aromatic nitrogens is 4. The van der Waals surface area contributed by atoms with Crippen molar-refractivity contribution in [2.75, 3.05) is 6.61 Å². The smallest absolute Gasteiger partial charge is 0.302 e. The van der Waals surface area contributed by atoms with Crippen molar-refractivity contribution in [2.45, 2.75) is 58.2 Å². The van der Waals surface area contributed by atoms with Crippen molar-refractivity contribution < 1.29 is 14.3 Å². The highest BCUT2D eigenvalue weighted by Crippen LogP contribution is 2.37. The topological polar surface area (TPSA) is 90.0 Å². The molecule has 0 amide bonds. The molecule has 7 heteroatoms. The molecule has 1 N–H and O–H groups in total. The van der Waals surface area contributed by atoms with E-state index in [-0.39, 0.29) is 12.1 Å². The number of aromatic amines is 1. The Balaban J connectivity index is 1.45. The number of carbonyl (C=O) groups is 1. The number of carbonyl (C=O) groups excluding carboxylic acids is 1. The Bertz CT molecular complexity index is 749. The molecular formula is C22H30N4O3. The molecule has 1 fully saturated rings. The summed E-state index contributed by atoms with van der Waals surface area (Å²) in [6.07, 6.45) is 10.1. The minimum Gasteiger partial charge on any atom is -0.462 e. The van der Waals surface area contributed by atoms with Crippen molar-refractivity contribution in [3.63, 3.8) is 0 Å². The average Bonchev–Trinajstić information content (AvgIpc) is 3.36. The number of rotatable bonds is 11. The van der Waals surface area contributed by atoms with E-state index in [9.17, 15) is 4.79 Å². The number of benzene rings is 1. The summed E-state index contributed by atoms with van der Waals surface area (Å²) in [7, 11) is 0. The lowest BCUT2D eigenvalue weighted by Crippen LogP contribution is -2.26. The van der Waals surface area contributed by atoms with Gasteiger partial charge in [-0.25, -0.2) is 5.10 Å². The summed E-state index contributed by atoms with van der Waals surface area (Å²) in [4.78, 5) is 11.5. The molecule has 0 saturated heterocycles. The predicted molar refractivity (Wildman–Crippen MR) is 109 cm³/mol. The fraction of sp³-hybridized carbons (Fsp3) is 0.545. The third-order valence-corrected chi connectivity index (χ3v) is 5.41. The minimum atomic E-state index is -0.199. The molecule has 2 aromatic rings. The Morgan fingerprint density at radius 1 is 1.24 bits per heavy atom. The van der Waals surface area contributed by atoms with Gasteiger partial charge in [-0.05, 0) is 54.0 Å². The highest BCUT2D eigenvalue weighted by Gasteiger charge is 2.37.